The molecule has 0 spiro atoms. The summed E-state index contributed by atoms with van der Waals surface area (Å²) in [6.45, 7) is 1.79. The number of ether oxygens (including phenoxy) is 1. The Morgan fingerprint density at radius 3 is 2.92 bits per heavy atom. The Kier molecular flexibility index (Phi) is 4.55. The van der Waals surface area contributed by atoms with E-state index in [1.54, 1.807) is 49.2 Å². The Morgan fingerprint density at radius 1 is 1.38 bits per heavy atom. The summed E-state index contributed by atoms with van der Waals surface area (Å²) in [6.07, 6.45) is 2.48. The Hall–Kier alpha value is -3.16. The van der Waals surface area contributed by atoms with E-state index in [9.17, 15) is 4.79 Å². The van der Waals surface area contributed by atoms with E-state index in [4.69, 9.17) is 9.15 Å². The summed E-state index contributed by atoms with van der Waals surface area (Å²) in [6, 6.07) is 8.95. The molecule has 0 aliphatic rings. The van der Waals surface area contributed by atoms with Crippen LogP contribution in [0.1, 0.15) is 18.0 Å². The lowest BCUT2D eigenvalue weighted by Gasteiger charge is -2.11. The van der Waals surface area contributed by atoms with Gasteiger partial charge < -0.3 is 14.5 Å². The zero-order chi connectivity index (χ0) is 16.9. The van der Waals surface area contributed by atoms with Gasteiger partial charge in [-0.05, 0) is 47.7 Å². The van der Waals surface area contributed by atoms with Crippen LogP contribution in [0.2, 0.25) is 0 Å². The average Bonchev–Trinajstić information content (AvgIpc) is 3.24. The first kappa shape index (κ1) is 15.7. The molecular formula is C16H17N5O3. The first-order chi connectivity index (χ1) is 11.7. The maximum atomic E-state index is 12.1. The number of nitrogens with zero attached hydrogens (tertiary/aromatic N) is 4. The first-order valence-corrected chi connectivity index (χ1v) is 7.43. The second kappa shape index (κ2) is 6.95. The zero-order valence-corrected chi connectivity index (χ0v) is 13.4. The number of hydrogen-bond acceptors (Lipinski definition) is 6. The molecule has 0 unspecified atom stereocenters. The van der Waals surface area contributed by atoms with Gasteiger partial charge in [-0.1, -0.05) is 0 Å². The predicted octanol–water partition coefficient (Wildman–Crippen LogP) is 2.14. The standard InChI is InChI=1S/C16H17N5O3/c1-11-18-19-20-21(11)14-10-12(5-7-15(14)23-2)17-16(22)8-6-13-4-3-9-24-13/h3-5,7,9-10H,6,8H2,1-2H3,(H,17,22). The molecule has 1 aromatic carbocycles. The molecule has 3 rings (SSSR count). The number of nitrogens with one attached hydrogen (secondary N) is 1. The molecule has 24 heavy (non-hydrogen) atoms. The molecule has 0 saturated carbocycles. The molecule has 0 aliphatic carbocycles. The lowest BCUT2D eigenvalue weighted by molar-refractivity contribution is -0.116. The van der Waals surface area contributed by atoms with Gasteiger partial charge in [0.15, 0.2) is 5.82 Å². The molecule has 0 atom stereocenters. The van der Waals surface area contributed by atoms with E-state index in [1.165, 1.54) is 0 Å². The number of amides is 1. The lowest BCUT2D eigenvalue weighted by Crippen LogP contribution is -2.13. The number of aromatic nitrogens is 4. The lowest BCUT2D eigenvalue weighted by atomic mass is 10.2. The quantitative estimate of drug-likeness (QED) is 0.745. The number of tetrazole rings is 1. The van der Waals surface area contributed by atoms with Gasteiger partial charge in [-0.25, -0.2) is 0 Å². The van der Waals surface area contributed by atoms with Crippen molar-refractivity contribution in [1.82, 2.24) is 20.2 Å². The Labute approximate surface area is 138 Å². The topological polar surface area (TPSA) is 95.1 Å². The van der Waals surface area contributed by atoms with Gasteiger partial charge >= 0.3 is 0 Å². The van der Waals surface area contributed by atoms with Crippen LogP contribution in [0.4, 0.5) is 5.69 Å². The van der Waals surface area contributed by atoms with Gasteiger partial charge in [0.1, 0.15) is 17.2 Å². The Balaban J connectivity index is 1.74. The number of hydrogen-bond donors (Lipinski definition) is 1. The summed E-state index contributed by atoms with van der Waals surface area (Å²) in [5.74, 6) is 1.91. The number of carbonyl (C=O) groups is 1. The second-order valence-corrected chi connectivity index (χ2v) is 5.15. The number of aryl methyl sites for hydroxylation is 2. The zero-order valence-electron chi connectivity index (χ0n) is 13.4. The SMILES string of the molecule is COc1ccc(NC(=O)CCc2ccco2)cc1-n1nnnc1C. The first-order valence-electron chi connectivity index (χ1n) is 7.43. The smallest absolute Gasteiger partial charge is 0.224 e. The van der Waals surface area contributed by atoms with Crippen LogP contribution in [-0.2, 0) is 11.2 Å². The highest BCUT2D eigenvalue weighted by atomic mass is 16.5. The molecule has 2 aromatic heterocycles. The van der Waals surface area contributed by atoms with Gasteiger partial charge in [0.25, 0.3) is 0 Å². The summed E-state index contributed by atoms with van der Waals surface area (Å²) in [4.78, 5) is 12.1. The summed E-state index contributed by atoms with van der Waals surface area (Å²) < 4.78 is 12.1. The van der Waals surface area contributed by atoms with E-state index in [0.29, 0.717) is 35.8 Å². The van der Waals surface area contributed by atoms with Gasteiger partial charge in [-0.15, -0.1) is 5.10 Å². The number of furan rings is 1. The van der Waals surface area contributed by atoms with Crippen molar-refractivity contribution in [3.05, 3.63) is 48.2 Å². The molecule has 0 saturated heterocycles. The normalized spacial score (nSPS) is 10.6. The number of carbonyl (C=O) groups excluding carboxylic acids is 1. The molecule has 3 aromatic rings. The third-order valence-electron chi connectivity index (χ3n) is 3.49. The predicted molar refractivity (Wildman–Crippen MR) is 86.1 cm³/mol. The molecular weight excluding hydrogens is 310 g/mol. The number of rotatable bonds is 6. The summed E-state index contributed by atoms with van der Waals surface area (Å²) in [5, 5.41) is 14.3. The molecule has 1 amide bonds. The van der Waals surface area contributed by atoms with Gasteiger partial charge in [-0.3, -0.25) is 4.79 Å². The van der Waals surface area contributed by atoms with Crippen molar-refractivity contribution in [1.29, 1.82) is 0 Å². The third kappa shape index (κ3) is 3.43. The molecule has 2 heterocycles. The second-order valence-electron chi connectivity index (χ2n) is 5.15. The molecule has 0 fully saturated rings. The highest BCUT2D eigenvalue weighted by Gasteiger charge is 2.12. The van der Waals surface area contributed by atoms with Crippen molar-refractivity contribution in [2.45, 2.75) is 19.8 Å². The van der Waals surface area contributed by atoms with Crippen molar-refractivity contribution >= 4 is 11.6 Å². The highest BCUT2D eigenvalue weighted by molar-refractivity contribution is 5.91. The van der Waals surface area contributed by atoms with Gasteiger partial charge in [-0.2, -0.15) is 4.68 Å². The minimum Gasteiger partial charge on any atom is -0.494 e. The maximum absolute atomic E-state index is 12.1. The van der Waals surface area contributed by atoms with E-state index in [-0.39, 0.29) is 5.91 Å². The number of anilines is 1. The van der Waals surface area contributed by atoms with Crippen molar-refractivity contribution in [3.63, 3.8) is 0 Å². The van der Waals surface area contributed by atoms with E-state index >= 15 is 0 Å². The van der Waals surface area contributed by atoms with E-state index in [1.807, 2.05) is 6.07 Å². The third-order valence-corrected chi connectivity index (χ3v) is 3.49. The molecule has 8 heteroatoms. The molecule has 0 bridgehead atoms. The largest absolute Gasteiger partial charge is 0.494 e. The minimum atomic E-state index is -0.101. The van der Waals surface area contributed by atoms with Crippen molar-refractivity contribution in [2.24, 2.45) is 0 Å². The fourth-order valence-corrected chi connectivity index (χ4v) is 2.30. The summed E-state index contributed by atoms with van der Waals surface area (Å²) >= 11 is 0. The van der Waals surface area contributed by atoms with Crippen LogP contribution in [-0.4, -0.2) is 33.2 Å². The van der Waals surface area contributed by atoms with Crippen LogP contribution < -0.4 is 10.1 Å². The molecule has 0 aliphatic heterocycles. The van der Waals surface area contributed by atoms with Crippen molar-refractivity contribution in [3.8, 4) is 11.4 Å². The number of benzene rings is 1. The average molecular weight is 327 g/mol. The van der Waals surface area contributed by atoms with Crippen LogP contribution in [0, 0.1) is 6.92 Å². The summed E-state index contributed by atoms with van der Waals surface area (Å²) in [7, 11) is 1.57. The molecule has 8 nitrogen and oxygen atoms in total. The molecule has 1 N–H and O–H groups in total. The van der Waals surface area contributed by atoms with E-state index in [0.717, 1.165) is 5.76 Å². The van der Waals surface area contributed by atoms with Crippen LogP contribution >= 0.6 is 0 Å². The van der Waals surface area contributed by atoms with Crippen LogP contribution in [0.15, 0.2) is 41.0 Å². The van der Waals surface area contributed by atoms with Gasteiger partial charge in [0.2, 0.25) is 5.91 Å². The molecule has 0 radical (unpaired) electrons. The highest BCUT2D eigenvalue weighted by Crippen LogP contribution is 2.26. The van der Waals surface area contributed by atoms with Gasteiger partial charge in [0.05, 0.1) is 13.4 Å². The van der Waals surface area contributed by atoms with Gasteiger partial charge in [0, 0.05) is 18.5 Å². The van der Waals surface area contributed by atoms with E-state index in [2.05, 4.69) is 20.8 Å². The molecule has 124 valence electrons. The maximum Gasteiger partial charge on any atom is 0.224 e. The van der Waals surface area contributed by atoms with Crippen LogP contribution in [0.5, 0.6) is 5.75 Å². The van der Waals surface area contributed by atoms with Crippen molar-refractivity contribution in [2.75, 3.05) is 12.4 Å². The number of methoxy groups -OCH3 is 1. The Bertz CT molecular complexity index is 826. The van der Waals surface area contributed by atoms with Crippen LogP contribution in [0.3, 0.4) is 0 Å². The van der Waals surface area contributed by atoms with Crippen LogP contribution in [0.25, 0.3) is 5.69 Å². The minimum absolute atomic E-state index is 0.101. The summed E-state index contributed by atoms with van der Waals surface area (Å²) in [5.41, 5.74) is 1.30. The fraction of sp³-hybridized carbons (Fsp3) is 0.250. The monoisotopic (exact) mass is 327 g/mol. The van der Waals surface area contributed by atoms with Crippen molar-refractivity contribution < 1.29 is 13.9 Å². The fourth-order valence-electron chi connectivity index (χ4n) is 2.30. The Morgan fingerprint density at radius 2 is 2.25 bits per heavy atom. The van der Waals surface area contributed by atoms with E-state index < -0.39 is 0 Å².